The van der Waals surface area contributed by atoms with Gasteiger partial charge in [-0.05, 0) is 42.2 Å². The lowest BCUT2D eigenvalue weighted by Gasteiger charge is -2.37. The normalized spacial score (nSPS) is 31.9. The highest BCUT2D eigenvalue weighted by atomic mass is 16.6. The lowest BCUT2D eigenvalue weighted by Crippen LogP contribution is -2.40. The fourth-order valence-electron chi connectivity index (χ4n) is 5.51. The molecule has 4 aliphatic carbocycles. The Morgan fingerprint density at radius 1 is 1.03 bits per heavy atom. The molecule has 9 heteroatoms. The van der Waals surface area contributed by atoms with Gasteiger partial charge in [0.15, 0.2) is 12.4 Å². The highest BCUT2D eigenvalue weighted by Gasteiger charge is 2.66. The van der Waals surface area contributed by atoms with Gasteiger partial charge in [-0.2, -0.15) is 0 Å². The number of ether oxygens (including phenoxy) is 1. The first-order chi connectivity index (χ1) is 14.9. The van der Waals surface area contributed by atoms with E-state index >= 15 is 0 Å². The van der Waals surface area contributed by atoms with Crippen molar-refractivity contribution >= 4 is 29.3 Å². The third-order valence-electron chi connectivity index (χ3n) is 7.06. The van der Waals surface area contributed by atoms with Gasteiger partial charge in [-0.25, -0.2) is 0 Å². The van der Waals surface area contributed by atoms with E-state index in [1.165, 1.54) is 29.2 Å². The second-order valence-electron chi connectivity index (χ2n) is 8.62. The van der Waals surface area contributed by atoms with Crippen LogP contribution in [0.25, 0.3) is 0 Å². The average molecular weight is 424 g/mol. The SMILES string of the molecule is O=C(CCN1C(=O)[C@@H]2[C@@H]3C=C[C@H]([C@H]4C[C@H]34)[C@@H]2C1=O)OCC(=O)c1ccc([N+](=O)[O-])cc1. The molecule has 31 heavy (non-hydrogen) atoms. The molecule has 6 rings (SSSR count). The highest BCUT2D eigenvalue weighted by molar-refractivity contribution is 6.06. The Morgan fingerprint density at radius 2 is 1.61 bits per heavy atom. The monoisotopic (exact) mass is 424 g/mol. The molecule has 160 valence electrons. The van der Waals surface area contributed by atoms with Crippen molar-refractivity contribution in [2.75, 3.05) is 13.2 Å². The lowest BCUT2D eigenvalue weighted by molar-refractivity contribution is -0.384. The minimum absolute atomic E-state index is 0.0516. The molecule has 0 N–H and O–H groups in total. The zero-order valence-corrected chi connectivity index (χ0v) is 16.5. The van der Waals surface area contributed by atoms with Crippen LogP contribution in [-0.4, -0.2) is 46.5 Å². The van der Waals surface area contributed by atoms with Crippen LogP contribution in [0.3, 0.4) is 0 Å². The maximum atomic E-state index is 12.9. The predicted molar refractivity (Wildman–Crippen MR) is 104 cm³/mol. The van der Waals surface area contributed by atoms with E-state index in [2.05, 4.69) is 12.2 Å². The van der Waals surface area contributed by atoms with Crippen LogP contribution in [0.15, 0.2) is 36.4 Å². The topological polar surface area (TPSA) is 124 Å². The molecule has 0 unspecified atom stereocenters. The molecular formula is C22H20N2O7. The molecule has 2 amide bonds. The number of carbonyl (C=O) groups is 4. The number of esters is 1. The molecule has 1 aliphatic heterocycles. The summed E-state index contributed by atoms with van der Waals surface area (Å²) in [6.07, 6.45) is 5.09. The number of imide groups is 1. The van der Waals surface area contributed by atoms with Crippen LogP contribution in [0.5, 0.6) is 0 Å². The summed E-state index contributed by atoms with van der Waals surface area (Å²) in [4.78, 5) is 61.2. The molecule has 1 aromatic rings. The number of nitro benzene ring substituents is 1. The van der Waals surface area contributed by atoms with E-state index < -0.39 is 23.3 Å². The molecule has 3 fully saturated rings. The minimum Gasteiger partial charge on any atom is -0.457 e. The minimum atomic E-state index is -0.685. The van der Waals surface area contributed by atoms with Gasteiger partial charge < -0.3 is 4.74 Å². The Balaban J connectivity index is 1.14. The number of nitrogens with zero attached hydrogens (tertiary/aromatic N) is 2. The maximum absolute atomic E-state index is 12.9. The number of rotatable bonds is 7. The van der Waals surface area contributed by atoms with Crippen molar-refractivity contribution in [1.29, 1.82) is 0 Å². The molecular weight excluding hydrogens is 404 g/mol. The van der Waals surface area contributed by atoms with E-state index in [0.717, 1.165) is 6.42 Å². The molecule has 0 aromatic heterocycles. The Morgan fingerprint density at radius 3 is 2.16 bits per heavy atom. The number of likely N-dealkylation sites (tertiary alicyclic amines) is 1. The summed E-state index contributed by atoms with van der Waals surface area (Å²) in [6, 6.07) is 4.99. The van der Waals surface area contributed by atoms with Crippen molar-refractivity contribution < 1.29 is 28.8 Å². The molecule has 1 aromatic carbocycles. The molecule has 2 bridgehead atoms. The van der Waals surface area contributed by atoms with Crippen molar-refractivity contribution in [3.8, 4) is 0 Å². The summed E-state index contributed by atoms with van der Waals surface area (Å²) in [5, 5.41) is 10.7. The lowest BCUT2D eigenvalue weighted by atomic mass is 9.63. The van der Waals surface area contributed by atoms with Gasteiger partial charge in [0.2, 0.25) is 11.8 Å². The van der Waals surface area contributed by atoms with Crippen molar-refractivity contribution in [2.24, 2.45) is 35.5 Å². The maximum Gasteiger partial charge on any atom is 0.308 e. The molecule has 0 radical (unpaired) electrons. The number of carbonyl (C=O) groups excluding carboxylic acids is 4. The number of benzene rings is 1. The van der Waals surface area contributed by atoms with Crippen molar-refractivity contribution in [3.63, 3.8) is 0 Å². The number of hydrogen-bond donors (Lipinski definition) is 0. The van der Waals surface area contributed by atoms with Gasteiger partial charge in [-0.1, -0.05) is 12.2 Å². The Hall–Kier alpha value is -3.36. The Bertz CT molecular complexity index is 995. The second kappa shape index (κ2) is 7.11. The zero-order valence-electron chi connectivity index (χ0n) is 16.5. The summed E-state index contributed by atoms with van der Waals surface area (Å²) in [6.45, 7) is -0.564. The van der Waals surface area contributed by atoms with Crippen LogP contribution >= 0.6 is 0 Å². The fourth-order valence-corrected chi connectivity index (χ4v) is 5.51. The smallest absolute Gasteiger partial charge is 0.308 e. The average Bonchev–Trinajstić information content (AvgIpc) is 3.55. The van der Waals surface area contributed by atoms with E-state index in [1.807, 2.05) is 0 Å². The largest absolute Gasteiger partial charge is 0.457 e. The number of amides is 2. The van der Waals surface area contributed by atoms with E-state index in [-0.39, 0.29) is 59.7 Å². The van der Waals surface area contributed by atoms with E-state index in [0.29, 0.717) is 11.8 Å². The summed E-state index contributed by atoms with van der Waals surface area (Å²) < 4.78 is 4.98. The first-order valence-corrected chi connectivity index (χ1v) is 10.3. The molecule has 6 atom stereocenters. The van der Waals surface area contributed by atoms with Crippen LogP contribution in [0.4, 0.5) is 5.69 Å². The van der Waals surface area contributed by atoms with Crippen LogP contribution in [0.2, 0.25) is 0 Å². The summed E-state index contributed by atoms with van der Waals surface area (Å²) >= 11 is 0. The number of non-ortho nitro benzene ring substituents is 1. The van der Waals surface area contributed by atoms with Crippen LogP contribution < -0.4 is 0 Å². The van der Waals surface area contributed by atoms with E-state index in [4.69, 9.17) is 4.74 Å². The molecule has 1 saturated heterocycles. The van der Waals surface area contributed by atoms with Gasteiger partial charge in [0, 0.05) is 24.2 Å². The predicted octanol–water partition coefficient (Wildman–Crippen LogP) is 1.76. The first kappa shape index (κ1) is 19.6. The van der Waals surface area contributed by atoms with Gasteiger partial charge in [0.05, 0.1) is 23.2 Å². The zero-order chi connectivity index (χ0) is 21.9. The first-order valence-electron chi connectivity index (χ1n) is 10.3. The van der Waals surface area contributed by atoms with Gasteiger partial charge in [-0.15, -0.1) is 0 Å². The summed E-state index contributed by atoms with van der Waals surface area (Å²) in [7, 11) is 0. The van der Waals surface area contributed by atoms with Gasteiger partial charge >= 0.3 is 5.97 Å². The van der Waals surface area contributed by atoms with Crippen LogP contribution in [0, 0.1) is 45.6 Å². The van der Waals surface area contributed by atoms with Gasteiger partial charge in [0.25, 0.3) is 5.69 Å². The molecule has 5 aliphatic rings. The van der Waals surface area contributed by atoms with E-state index in [1.54, 1.807) is 0 Å². The Kier molecular flexibility index (Phi) is 4.49. The molecule has 2 saturated carbocycles. The van der Waals surface area contributed by atoms with Crippen molar-refractivity contribution in [3.05, 3.63) is 52.1 Å². The standard InChI is InChI=1S/C22H20N2O7/c25-17(11-1-3-12(4-2-11)24(29)30)10-31-18(26)7-8-23-21(27)19-13-5-6-14(16-9-15(13)16)20(19)22(23)28/h1-6,13-16,19-20H,7-10H2/t13-,14-,15-,16-,19-,20+/m1/s1. The van der Waals surface area contributed by atoms with Crippen molar-refractivity contribution in [1.82, 2.24) is 4.90 Å². The third-order valence-corrected chi connectivity index (χ3v) is 7.06. The number of hydrogen-bond acceptors (Lipinski definition) is 7. The number of allylic oxidation sites excluding steroid dienone is 2. The number of Topliss-reactive ketones (excluding diaryl/α,β-unsaturated/α-hetero) is 1. The van der Waals surface area contributed by atoms with Crippen LogP contribution in [0.1, 0.15) is 23.2 Å². The summed E-state index contributed by atoms with van der Waals surface area (Å²) in [5.41, 5.74) is 0.0453. The highest BCUT2D eigenvalue weighted by Crippen LogP contribution is 2.65. The number of ketones is 1. The van der Waals surface area contributed by atoms with Gasteiger partial charge in [-0.3, -0.25) is 34.2 Å². The van der Waals surface area contributed by atoms with Crippen molar-refractivity contribution in [2.45, 2.75) is 12.8 Å². The third kappa shape index (κ3) is 3.15. The molecule has 1 heterocycles. The quantitative estimate of drug-likeness (QED) is 0.163. The van der Waals surface area contributed by atoms with Gasteiger partial charge in [0.1, 0.15) is 0 Å². The fraction of sp³-hybridized carbons (Fsp3) is 0.455. The number of nitro groups is 1. The van der Waals surface area contributed by atoms with Crippen LogP contribution in [-0.2, 0) is 19.1 Å². The molecule has 0 spiro atoms. The molecule has 9 nitrogen and oxygen atoms in total. The Labute approximate surface area is 177 Å². The van der Waals surface area contributed by atoms with E-state index in [9.17, 15) is 29.3 Å². The summed E-state index contributed by atoms with van der Waals surface area (Å²) in [5.74, 6) is -0.882. The second-order valence-corrected chi connectivity index (χ2v) is 8.62.